The molecular weight excluding hydrogens is 348 g/mol. The number of aliphatic hydroxyl groups excluding tert-OH is 1. The summed E-state index contributed by atoms with van der Waals surface area (Å²) in [7, 11) is 0. The Kier molecular flexibility index (Phi) is 6.12. The number of allylic oxidation sites excluding steroid dienone is 3. The lowest BCUT2D eigenvalue weighted by molar-refractivity contribution is -0.171. The first-order valence-corrected chi connectivity index (χ1v) is 9.01. The van der Waals surface area contributed by atoms with Crippen molar-refractivity contribution >= 4 is 5.97 Å². The minimum absolute atomic E-state index is 0.327. The number of benzene rings is 2. The normalized spacial score (nSPS) is 18.6. The van der Waals surface area contributed by atoms with Crippen LogP contribution in [0.2, 0.25) is 0 Å². The summed E-state index contributed by atoms with van der Waals surface area (Å²) in [4.78, 5) is 12.6. The van der Waals surface area contributed by atoms with E-state index in [9.17, 15) is 9.90 Å². The maximum atomic E-state index is 12.6. The van der Waals surface area contributed by atoms with Gasteiger partial charge >= 0.3 is 5.97 Å². The molecule has 0 bridgehead atoms. The van der Waals surface area contributed by atoms with Crippen LogP contribution in [0, 0.1) is 29.1 Å². The summed E-state index contributed by atoms with van der Waals surface area (Å²) >= 11 is 0. The molecule has 0 radical (unpaired) electrons. The van der Waals surface area contributed by atoms with Gasteiger partial charge in [0.05, 0.1) is 0 Å². The van der Waals surface area contributed by atoms with E-state index in [0.29, 0.717) is 6.42 Å². The van der Waals surface area contributed by atoms with Crippen molar-refractivity contribution in [2.75, 3.05) is 0 Å². The van der Waals surface area contributed by atoms with Crippen molar-refractivity contribution in [1.82, 2.24) is 0 Å². The van der Waals surface area contributed by atoms with Crippen LogP contribution in [-0.4, -0.2) is 17.4 Å². The Morgan fingerprint density at radius 3 is 2.14 bits per heavy atom. The molecule has 0 saturated heterocycles. The second kappa shape index (κ2) is 8.91. The predicted molar refractivity (Wildman–Crippen MR) is 109 cm³/mol. The molecule has 3 nitrogen and oxygen atoms in total. The van der Waals surface area contributed by atoms with E-state index in [4.69, 9.17) is 4.74 Å². The Hall–Kier alpha value is -3.53. The third-order valence-electron chi connectivity index (χ3n) is 4.16. The number of rotatable bonds is 2. The van der Waals surface area contributed by atoms with E-state index in [-0.39, 0.29) is 0 Å². The molecule has 1 N–H and O–H groups in total. The zero-order chi connectivity index (χ0) is 19.8. The van der Waals surface area contributed by atoms with Gasteiger partial charge in [0.15, 0.2) is 11.7 Å². The number of carbonyl (C=O) groups is 1. The van der Waals surface area contributed by atoms with Gasteiger partial charge in [-0.3, -0.25) is 0 Å². The summed E-state index contributed by atoms with van der Waals surface area (Å²) in [5.74, 6) is 11.7. The number of hydrogen-bond acceptors (Lipinski definition) is 3. The first kappa shape index (κ1) is 19.2. The maximum Gasteiger partial charge on any atom is 0.330 e. The Morgan fingerprint density at radius 1 is 1.00 bits per heavy atom. The second-order valence-electron chi connectivity index (χ2n) is 6.40. The summed E-state index contributed by atoms with van der Waals surface area (Å²) in [5.41, 5.74) is 1.39. The number of carbonyl (C=O) groups excluding carboxylic acids is 1. The lowest BCUT2D eigenvalue weighted by atomic mass is 9.80. The van der Waals surface area contributed by atoms with E-state index in [1.54, 1.807) is 12.2 Å². The molecule has 0 aromatic heterocycles. The number of esters is 1. The van der Waals surface area contributed by atoms with E-state index in [0.717, 1.165) is 16.7 Å². The Bertz CT molecular complexity index is 1010. The maximum absolute atomic E-state index is 12.6. The molecule has 138 valence electrons. The van der Waals surface area contributed by atoms with Crippen LogP contribution in [0.15, 0.2) is 84.5 Å². The van der Waals surface area contributed by atoms with Gasteiger partial charge in [-0.05, 0) is 43.7 Å². The predicted octanol–water partition coefficient (Wildman–Crippen LogP) is 3.84. The Morgan fingerprint density at radius 2 is 1.61 bits per heavy atom. The molecule has 2 atom stereocenters. The topological polar surface area (TPSA) is 46.5 Å². The molecule has 0 amide bonds. The van der Waals surface area contributed by atoms with E-state index in [1.165, 1.54) is 6.92 Å². The highest BCUT2D eigenvalue weighted by atomic mass is 16.6. The van der Waals surface area contributed by atoms with Crippen LogP contribution >= 0.6 is 0 Å². The van der Waals surface area contributed by atoms with E-state index < -0.39 is 17.7 Å². The first-order valence-electron chi connectivity index (χ1n) is 9.01. The molecule has 28 heavy (non-hydrogen) atoms. The second-order valence-corrected chi connectivity index (χ2v) is 6.40. The third kappa shape index (κ3) is 5.01. The van der Waals surface area contributed by atoms with E-state index in [1.807, 2.05) is 66.7 Å². The van der Waals surface area contributed by atoms with Gasteiger partial charge in [0.2, 0.25) is 0 Å². The standard InChI is InChI=1S/C25H20O3/c1-20(26)28-24(27)25(17-14-22-10-6-3-7-11-22)18-15-23(16-19-25)13-12-21-8-4-2-5-9-21/h2-11,15-16,18,20,26H,19H2,1H3. The monoisotopic (exact) mass is 368 g/mol. The molecule has 3 heteroatoms. The van der Waals surface area contributed by atoms with E-state index in [2.05, 4.69) is 23.7 Å². The van der Waals surface area contributed by atoms with Gasteiger partial charge in [-0.1, -0.05) is 72.2 Å². The fraction of sp³-hybridized carbons (Fsp3) is 0.160. The lowest BCUT2D eigenvalue weighted by Gasteiger charge is -2.25. The molecule has 0 saturated carbocycles. The SMILES string of the molecule is CC(O)OC(=O)C1(C#Cc2ccccc2)C=CC(C#Cc2ccccc2)=CC1. The fourth-order valence-electron chi connectivity index (χ4n) is 2.66. The van der Waals surface area contributed by atoms with Gasteiger partial charge in [-0.2, -0.15) is 0 Å². The van der Waals surface area contributed by atoms with Gasteiger partial charge < -0.3 is 9.84 Å². The summed E-state index contributed by atoms with van der Waals surface area (Å²) < 4.78 is 5.04. The highest BCUT2D eigenvalue weighted by Crippen LogP contribution is 2.31. The first-order chi connectivity index (χ1) is 13.6. The van der Waals surface area contributed by atoms with Crippen LogP contribution in [-0.2, 0) is 9.53 Å². The van der Waals surface area contributed by atoms with E-state index >= 15 is 0 Å². The van der Waals surface area contributed by atoms with Crippen molar-refractivity contribution in [2.45, 2.75) is 19.6 Å². The number of ether oxygens (including phenoxy) is 1. The van der Waals surface area contributed by atoms with Crippen molar-refractivity contribution < 1.29 is 14.6 Å². The molecule has 2 unspecified atom stereocenters. The fourth-order valence-corrected chi connectivity index (χ4v) is 2.66. The average Bonchev–Trinajstić information content (AvgIpc) is 2.72. The Balaban J connectivity index is 1.85. The number of aliphatic hydroxyl groups is 1. The lowest BCUT2D eigenvalue weighted by Crippen LogP contribution is -2.33. The zero-order valence-electron chi connectivity index (χ0n) is 15.6. The van der Waals surface area contributed by atoms with Crippen molar-refractivity contribution in [1.29, 1.82) is 0 Å². The van der Waals surface area contributed by atoms with Crippen molar-refractivity contribution in [2.24, 2.45) is 5.41 Å². The molecule has 3 rings (SSSR count). The largest absolute Gasteiger partial charge is 0.435 e. The molecule has 1 aliphatic carbocycles. The molecule has 1 aliphatic rings. The molecule has 0 heterocycles. The molecule has 2 aromatic carbocycles. The van der Waals surface area contributed by atoms with Crippen LogP contribution in [0.5, 0.6) is 0 Å². The van der Waals surface area contributed by atoms with Crippen LogP contribution in [0.3, 0.4) is 0 Å². The van der Waals surface area contributed by atoms with Crippen LogP contribution in [0.1, 0.15) is 24.5 Å². The molecule has 0 aliphatic heterocycles. The van der Waals surface area contributed by atoms with Crippen LogP contribution in [0.25, 0.3) is 0 Å². The van der Waals surface area contributed by atoms with Crippen molar-refractivity contribution in [3.63, 3.8) is 0 Å². The van der Waals surface area contributed by atoms with Crippen molar-refractivity contribution in [3.8, 4) is 23.7 Å². The summed E-state index contributed by atoms with van der Waals surface area (Å²) in [6, 6.07) is 19.1. The highest BCUT2D eigenvalue weighted by molar-refractivity contribution is 5.84. The van der Waals surface area contributed by atoms with Gasteiger partial charge in [0.25, 0.3) is 0 Å². The smallest absolute Gasteiger partial charge is 0.330 e. The molecule has 0 fully saturated rings. The summed E-state index contributed by atoms with van der Waals surface area (Å²) in [6.45, 7) is 1.40. The highest BCUT2D eigenvalue weighted by Gasteiger charge is 2.37. The van der Waals surface area contributed by atoms with Gasteiger partial charge in [-0.25, -0.2) is 4.79 Å². The minimum Gasteiger partial charge on any atom is -0.435 e. The average molecular weight is 368 g/mol. The third-order valence-corrected chi connectivity index (χ3v) is 4.16. The van der Waals surface area contributed by atoms with Gasteiger partial charge in [0.1, 0.15) is 0 Å². The summed E-state index contributed by atoms with van der Waals surface area (Å²) in [5, 5.41) is 9.46. The quantitative estimate of drug-likeness (QED) is 0.498. The Labute approximate surface area is 165 Å². The van der Waals surface area contributed by atoms with Crippen molar-refractivity contribution in [3.05, 3.63) is 95.6 Å². The minimum atomic E-state index is -1.19. The molecule has 0 spiro atoms. The van der Waals surface area contributed by atoms with Crippen LogP contribution < -0.4 is 0 Å². The summed E-state index contributed by atoms with van der Waals surface area (Å²) in [6.07, 6.45) is 4.50. The molecular formula is C25H20O3. The van der Waals surface area contributed by atoms with Gasteiger partial charge in [-0.15, -0.1) is 0 Å². The molecule has 2 aromatic rings. The zero-order valence-corrected chi connectivity index (χ0v) is 15.6. The van der Waals surface area contributed by atoms with Gasteiger partial charge in [0, 0.05) is 16.7 Å². The number of hydrogen-bond donors (Lipinski definition) is 1. The van der Waals surface area contributed by atoms with Crippen LogP contribution in [0.4, 0.5) is 0 Å².